The lowest BCUT2D eigenvalue weighted by Crippen LogP contribution is -2.38. The van der Waals surface area contributed by atoms with Crippen LogP contribution in [-0.2, 0) is 20.9 Å². The maximum Gasteiger partial charge on any atom is 0.338 e. The molecule has 35 heavy (non-hydrogen) atoms. The fourth-order valence-corrected chi connectivity index (χ4v) is 3.65. The standard InChI is InChI=1S/C26H24N2O7/c1-2-33-20-11-7-17(8-12-20)23(29)16-35-26(32)18-5-9-19(10-6-18)28-24(30)14-22(25(28)31)27-15-21-4-3-13-34-21/h3-13,22,27H,2,14-16H2,1H3. The average molecular weight is 476 g/mol. The number of anilines is 1. The fraction of sp³-hybridized carbons (Fsp3) is 0.231. The molecule has 0 spiro atoms. The number of ether oxygens (including phenoxy) is 2. The first kappa shape index (κ1) is 23.9. The molecule has 1 aromatic heterocycles. The largest absolute Gasteiger partial charge is 0.494 e. The summed E-state index contributed by atoms with van der Waals surface area (Å²) in [6, 6.07) is 15.3. The number of nitrogens with one attached hydrogen (secondary N) is 1. The van der Waals surface area contributed by atoms with E-state index in [4.69, 9.17) is 13.9 Å². The summed E-state index contributed by atoms with van der Waals surface area (Å²) in [5.41, 5.74) is 0.946. The van der Waals surface area contributed by atoms with Gasteiger partial charge in [-0.05, 0) is 67.6 Å². The lowest BCUT2D eigenvalue weighted by molar-refractivity contribution is -0.121. The molecule has 1 N–H and O–H groups in total. The highest BCUT2D eigenvalue weighted by atomic mass is 16.5. The number of nitrogens with zero attached hydrogens (tertiary/aromatic N) is 1. The highest BCUT2D eigenvalue weighted by molar-refractivity contribution is 6.22. The second kappa shape index (κ2) is 10.8. The molecule has 2 heterocycles. The van der Waals surface area contributed by atoms with E-state index < -0.39 is 18.6 Å². The van der Waals surface area contributed by atoms with Crippen molar-refractivity contribution in [2.75, 3.05) is 18.1 Å². The Bertz CT molecular complexity index is 1200. The summed E-state index contributed by atoms with van der Waals surface area (Å²) in [6.45, 7) is 2.29. The van der Waals surface area contributed by atoms with Gasteiger partial charge in [0.1, 0.15) is 11.5 Å². The molecule has 2 amide bonds. The second-order valence-electron chi connectivity index (χ2n) is 7.79. The van der Waals surface area contributed by atoms with Crippen LogP contribution in [0.3, 0.4) is 0 Å². The molecule has 0 radical (unpaired) electrons. The minimum absolute atomic E-state index is 0.0248. The number of furan rings is 1. The van der Waals surface area contributed by atoms with E-state index >= 15 is 0 Å². The van der Waals surface area contributed by atoms with E-state index in [2.05, 4.69) is 5.32 Å². The molecule has 0 saturated carbocycles. The minimum atomic E-state index is -0.687. The van der Waals surface area contributed by atoms with Crippen molar-refractivity contribution in [2.45, 2.75) is 25.9 Å². The lowest BCUT2D eigenvalue weighted by atomic mass is 10.1. The van der Waals surface area contributed by atoms with E-state index in [0.717, 1.165) is 4.90 Å². The van der Waals surface area contributed by atoms with Gasteiger partial charge < -0.3 is 13.9 Å². The number of esters is 1. The molecule has 180 valence electrons. The molecule has 3 aromatic rings. The van der Waals surface area contributed by atoms with Gasteiger partial charge in [-0.1, -0.05) is 0 Å². The zero-order valence-corrected chi connectivity index (χ0v) is 19.1. The van der Waals surface area contributed by atoms with Crippen molar-refractivity contribution in [3.63, 3.8) is 0 Å². The van der Waals surface area contributed by atoms with Gasteiger partial charge in [-0.15, -0.1) is 0 Å². The van der Waals surface area contributed by atoms with Gasteiger partial charge in [0.15, 0.2) is 12.4 Å². The molecule has 1 atom stereocenters. The summed E-state index contributed by atoms with van der Waals surface area (Å²) in [6.07, 6.45) is 1.56. The smallest absolute Gasteiger partial charge is 0.338 e. The van der Waals surface area contributed by atoms with Crippen LogP contribution in [-0.4, -0.2) is 42.8 Å². The second-order valence-corrected chi connectivity index (χ2v) is 7.79. The highest BCUT2D eigenvalue weighted by Crippen LogP contribution is 2.24. The molecular formula is C26H24N2O7. The van der Waals surface area contributed by atoms with Crippen molar-refractivity contribution >= 4 is 29.3 Å². The number of carbonyl (C=O) groups excluding carboxylic acids is 4. The highest BCUT2D eigenvalue weighted by Gasteiger charge is 2.39. The Kier molecular flexibility index (Phi) is 7.37. The molecule has 4 rings (SSSR count). The van der Waals surface area contributed by atoms with E-state index in [1.807, 2.05) is 6.92 Å². The van der Waals surface area contributed by atoms with Crippen LogP contribution in [0.1, 0.15) is 39.8 Å². The number of benzene rings is 2. The van der Waals surface area contributed by atoms with Crippen LogP contribution in [0.25, 0.3) is 0 Å². The lowest BCUT2D eigenvalue weighted by Gasteiger charge is -2.15. The third kappa shape index (κ3) is 5.64. The van der Waals surface area contributed by atoms with Gasteiger partial charge >= 0.3 is 5.97 Å². The number of Topliss-reactive ketones (excluding diaryl/α,β-unsaturated/α-hetero) is 1. The Morgan fingerprint density at radius 3 is 2.40 bits per heavy atom. The maximum atomic E-state index is 12.7. The molecule has 1 aliphatic rings. The Hall–Kier alpha value is -4.24. The number of amides is 2. The quantitative estimate of drug-likeness (QED) is 0.270. The Labute approximate surface area is 201 Å². The van der Waals surface area contributed by atoms with Crippen molar-refractivity contribution in [3.8, 4) is 5.75 Å². The molecule has 0 aliphatic carbocycles. The molecule has 1 saturated heterocycles. The van der Waals surface area contributed by atoms with Crippen LogP contribution in [0.15, 0.2) is 71.3 Å². The predicted molar refractivity (Wildman–Crippen MR) is 125 cm³/mol. The number of hydrogen-bond donors (Lipinski definition) is 1. The van der Waals surface area contributed by atoms with Crippen LogP contribution in [0.5, 0.6) is 5.75 Å². The van der Waals surface area contributed by atoms with Gasteiger partial charge in [0.05, 0.1) is 43.1 Å². The normalized spacial score (nSPS) is 15.3. The van der Waals surface area contributed by atoms with Crippen molar-refractivity contribution < 1.29 is 33.1 Å². The first-order valence-electron chi connectivity index (χ1n) is 11.1. The van der Waals surface area contributed by atoms with Gasteiger partial charge in [-0.2, -0.15) is 0 Å². The zero-order chi connectivity index (χ0) is 24.8. The van der Waals surface area contributed by atoms with E-state index in [1.54, 1.807) is 36.4 Å². The van der Waals surface area contributed by atoms with Crippen LogP contribution >= 0.6 is 0 Å². The van der Waals surface area contributed by atoms with Gasteiger partial charge in [0.2, 0.25) is 5.91 Å². The third-order valence-corrected chi connectivity index (χ3v) is 5.43. The first-order valence-corrected chi connectivity index (χ1v) is 11.1. The molecule has 2 aromatic carbocycles. The zero-order valence-electron chi connectivity index (χ0n) is 19.1. The minimum Gasteiger partial charge on any atom is -0.494 e. The van der Waals surface area contributed by atoms with Crippen molar-refractivity contribution in [1.29, 1.82) is 0 Å². The average Bonchev–Trinajstić information content (AvgIpc) is 3.49. The number of rotatable bonds is 10. The van der Waals surface area contributed by atoms with E-state index in [0.29, 0.717) is 35.9 Å². The number of hydrogen-bond acceptors (Lipinski definition) is 8. The fourth-order valence-electron chi connectivity index (χ4n) is 3.65. The Balaban J connectivity index is 1.32. The van der Waals surface area contributed by atoms with Crippen LogP contribution < -0.4 is 15.0 Å². The van der Waals surface area contributed by atoms with Gasteiger partial charge in [0.25, 0.3) is 5.91 Å². The van der Waals surface area contributed by atoms with Gasteiger partial charge in [-0.25, -0.2) is 9.69 Å². The summed E-state index contributed by atoms with van der Waals surface area (Å²) < 4.78 is 15.7. The maximum absolute atomic E-state index is 12.7. The van der Waals surface area contributed by atoms with E-state index in [1.165, 1.54) is 30.5 Å². The van der Waals surface area contributed by atoms with Crippen LogP contribution in [0.2, 0.25) is 0 Å². The monoisotopic (exact) mass is 476 g/mol. The molecule has 1 aliphatic heterocycles. The molecule has 9 nitrogen and oxygen atoms in total. The third-order valence-electron chi connectivity index (χ3n) is 5.43. The number of ketones is 1. The summed E-state index contributed by atoms with van der Waals surface area (Å²) in [5.74, 6) is -0.448. The van der Waals surface area contributed by atoms with Crippen LogP contribution in [0, 0.1) is 0 Å². The molecule has 0 bridgehead atoms. The molecular weight excluding hydrogens is 452 g/mol. The molecule has 1 unspecified atom stereocenters. The summed E-state index contributed by atoms with van der Waals surface area (Å²) in [5, 5.41) is 3.02. The summed E-state index contributed by atoms with van der Waals surface area (Å²) >= 11 is 0. The van der Waals surface area contributed by atoms with Gasteiger partial charge in [-0.3, -0.25) is 19.7 Å². The topological polar surface area (TPSA) is 115 Å². The van der Waals surface area contributed by atoms with E-state index in [-0.39, 0.29) is 29.6 Å². The van der Waals surface area contributed by atoms with Gasteiger partial charge in [0, 0.05) is 5.56 Å². The summed E-state index contributed by atoms with van der Waals surface area (Å²) in [7, 11) is 0. The van der Waals surface area contributed by atoms with E-state index in [9.17, 15) is 19.2 Å². The van der Waals surface area contributed by atoms with Crippen molar-refractivity contribution in [2.24, 2.45) is 0 Å². The molecule has 1 fully saturated rings. The van der Waals surface area contributed by atoms with Crippen LogP contribution in [0.4, 0.5) is 5.69 Å². The predicted octanol–water partition coefficient (Wildman–Crippen LogP) is 3.14. The Morgan fingerprint density at radius 1 is 1.03 bits per heavy atom. The Morgan fingerprint density at radius 2 is 1.74 bits per heavy atom. The SMILES string of the molecule is CCOc1ccc(C(=O)COC(=O)c2ccc(N3C(=O)CC(NCc4ccco4)C3=O)cc2)cc1. The van der Waals surface area contributed by atoms with Crippen molar-refractivity contribution in [3.05, 3.63) is 83.8 Å². The van der Waals surface area contributed by atoms with Crippen molar-refractivity contribution in [1.82, 2.24) is 5.32 Å². The first-order chi connectivity index (χ1) is 17.0. The number of carbonyl (C=O) groups is 4. The number of imide groups is 1. The molecule has 9 heteroatoms. The summed E-state index contributed by atoms with van der Waals surface area (Å²) in [4.78, 5) is 50.9.